The number of aromatic nitrogens is 3. The van der Waals surface area contributed by atoms with Gasteiger partial charge in [-0.05, 0) is 19.1 Å². The van der Waals surface area contributed by atoms with Gasteiger partial charge in [0.15, 0.2) is 0 Å². The minimum atomic E-state index is 0. The standard InChI is InChI=1S/C9H8N3.Re/c1-7-6-9(12-11-7)8-4-2-3-5-10-8;/h2-6H,1H3;/q-1;. The van der Waals surface area contributed by atoms with Crippen LogP contribution < -0.4 is 5.10 Å². The first-order valence-corrected chi connectivity index (χ1v) is 3.75. The van der Waals surface area contributed by atoms with Gasteiger partial charge >= 0.3 is 0 Å². The third-order valence-corrected chi connectivity index (χ3v) is 1.59. The summed E-state index contributed by atoms with van der Waals surface area (Å²) in [5.74, 6) is 0. The van der Waals surface area contributed by atoms with E-state index >= 15 is 0 Å². The van der Waals surface area contributed by atoms with Crippen LogP contribution in [0.25, 0.3) is 11.4 Å². The summed E-state index contributed by atoms with van der Waals surface area (Å²) in [5.41, 5.74) is 2.64. The molecule has 0 fully saturated rings. The molecule has 4 heteroatoms. The topological polar surface area (TPSA) is 39.9 Å². The average Bonchev–Trinajstić information content (AvgIpc) is 2.54. The summed E-state index contributed by atoms with van der Waals surface area (Å²) in [6, 6.07) is 7.66. The third-order valence-electron chi connectivity index (χ3n) is 1.59. The van der Waals surface area contributed by atoms with Gasteiger partial charge in [-0.3, -0.25) is 4.98 Å². The number of aryl methyl sites for hydroxylation is 1. The van der Waals surface area contributed by atoms with Crippen LogP contribution in [0.4, 0.5) is 0 Å². The van der Waals surface area contributed by atoms with Gasteiger partial charge in [-0.25, -0.2) is 0 Å². The van der Waals surface area contributed by atoms with E-state index in [0.29, 0.717) is 0 Å². The maximum absolute atomic E-state index is 4.16. The maximum Gasteiger partial charge on any atom is 0.0494 e. The molecule has 2 aromatic heterocycles. The van der Waals surface area contributed by atoms with Crippen molar-refractivity contribution in [3.8, 4) is 11.4 Å². The number of hydrogen-bond acceptors (Lipinski definition) is 2. The van der Waals surface area contributed by atoms with Gasteiger partial charge in [-0.2, -0.15) is 0 Å². The maximum atomic E-state index is 4.16. The number of pyridine rings is 1. The first-order valence-electron chi connectivity index (χ1n) is 3.75. The molecule has 0 N–H and O–H groups in total. The second-order valence-corrected chi connectivity index (χ2v) is 2.59. The molecule has 0 saturated carbocycles. The van der Waals surface area contributed by atoms with Crippen molar-refractivity contribution in [2.24, 2.45) is 0 Å². The largest absolute Gasteiger partial charge is 0.574 e. The van der Waals surface area contributed by atoms with Crippen molar-refractivity contribution >= 4 is 0 Å². The quantitative estimate of drug-likeness (QED) is 0.785. The summed E-state index contributed by atoms with van der Waals surface area (Å²) in [6.45, 7) is 1.92. The van der Waals surface area contributed by atoms with E-state index in [2.05, 4.69) is 15.2 Å². The molecule has 0 spiro atoms. The van der Waals surface area contributed by atoms with E-state index in [0.717, 1.165) is 17.1 Å². The van der Waals surface area contributed by atoms with Crippen molar-refractivity contribution < 1.29 is 20.4 Å². The molecule has 13 heavy (non-hydrogen) atoms. The Morgan fingerprint density at radius 2 is 2.15 bits per heavy atom. The molecule has 3 nitrogen and oxygen atoms in total. The Kier molecular flexibility index (Phi) is 3.35. The molecule has 2 rings (SSSR count). The minimum absolute atomic E-state index is 0. The van der Waals surface area contributed by atoms with Gasteiger partial charge in [-0.15, -0.1) is 0 Å². The first kappa shape index (κ1) is 10.1. The Bertz CT molecular complexity index is 369. The zero-order valence-electron chi connectivity index (χ0n) is 7.11. The summed E-state index contributed by atoms with van der Waals surface area (Å²) >= 11 is 0. The van der Waals surface area contributed by atoms with Crippen molar-refractivity contribution in [1.82, 2.24) is 15.2 Å². The minimum Gasteiger partial charge on any atom is -0.574 e. The van der Waals surface area contributed by atoms with Crippen LogP contribution in [0.1, 0.15) is 5.69 Å². The van der Waals surface area contributed by atoms with Gasteiger partial charge in [-0.1, -0.05) is 17.8 Å². The fourth-order valence-corrected chi connectivity index (χ4v) is 1.03. The molecule has 0 aromatic carbocycles. The van der Waals surface area contributed by atoms with E-state index in [9.17, 15) is 0 Å². The zero-order valence-corrected chi connectivity index (χ0v) is 9.82. The van der Waals surface area contributed by atoms with Crippen molar-refractivity contribution in [1.29, 1.82) is 0 Å². The summed E-state index contributed by atoms with van der Waals surface area (Å²) in [4.78, 5) is 4.16. The molecule has 0 bridgehead atoms. The van der Waals surface area contributed by atoms with Crippen LogP contribution in [-0.4, -0.2) is 10.1 Å². The van der Waals surface area contributed by atoms with E-state index < -0.39 is 0 Å². The normalized spacial score (nSPS) is 9.31. The second-order valence-electron chi connectivity index (χ2n) is 2.59. The van der Waals surface area contributed by atoms with Crippen molar-refractivity contribution in [3.05, 3.63) is 36.2 Å². The van der Waals surface area contributed by atoms with Gasteiger partial charge in [0.05, 0.1) is 0 Å². The van der Waals surface area contributed by atoms with Crippen LogP contribution in [0.15, 0.2) is 30.5 Å². The van der Waals surface area contributed by atoms with Gasteiger partial charge in [0, 0.05) is 38.0 Å². The second kappa shape index (κ2) is 4.31. The van der Waals surface area contributed by atoms with Gasteiger partial charge in [0.2, 0.25) is 0 Å². The number of rotatable bonds is 1. The van der Waals surface area contributed by atoms with E-state index in [1.165, 1.54) is 0 Å². The smallest absolute Gasteiger partial charge is 0.0494 e. The Balaban J connectivity index is 0.000000845. The molecule has 0 amide bonds. The molecule has 0 aliphatic rings. The summed E-state index contributed by atoms with van der Waals surface area (Å²) in [5, 5.41) is 7.88. The molecule has 67 valence electrons. The average molecular weight is 344 g/mol. The Labute approximate surface area is 90.2 Å². The summed E-state index contributed by atoms with van der Waals surface area (Å²) in [6.07, 6.45) is 1.75. The zero-order chi connectivity index (χ0) is 8.39. The molecule has 2 aromatic rings. The fraction of sp³-hybridized carbons (Fsp3) is 0.111. The molecular formula is C9H8N3Re-. The third kappa shape index (κ3) is 2.24. The molecule has 2 heterocycles. The molecule has 1 radical (unpaired) electrons. The summed E-state index contributed by atoms with van der Waals surface area (Å²) in [7, 11) is 0. The van der Waals surface area contributed by atoms with Gasteiger partial charge < -0.3 is 10.2 Å². The molecule has 0 aliphatic heterocycles. The fourth-order valence-electron chi connectivity index (χ4n) is 1.03. The van der Waals surface area contributed by atoms with Gasteiger partial charge in [0.1, 0.15) is 0 Å². The number of nitrogens with zero attached hydrogens (tertiary/aromatic N) is 3. The van der Waals surface area contributed by atoms with Gasteiger partial charge in [0.25, 0.3) is 0 Å². The summed E-state index contributed by atoms with van der Waals surface area (Å²) < 4.78 is 0. The Morgan fingerprint density at radius 3 is 2.69 bits per heavy atom. The van der Waals surface area contributed by atoms with Crippen LogP contribution in [-0.2, 0) is 20.4 Å². The van der Waals surface area contributed by atoms with Crippen LogP contribution in [0, 0.1) is 6.92 Å². The van der Waals surface area contributed by atoms with Crippen LogP contribution in [0.2, 0.25) is 0 Å². The molecule has 0 saturated heterocycles. The Morgan fingerprint density at radius 1 is 1.31 bits per heavy atom. The van der Waals surface area contributed by atoms with E-state index in [4.69, 9.17) is 0 Å². The molecule has 0 atom stereocenters. The van der Waals surface area contributed by atoms with Crippen LogP contribution in [0.3, 0.4) is 0 Å². The van der Waals surface area contributed by atoms with Crippen molar-refractivity contribution in [2.45, 2.75) is 6.92 Å². The molecule has 0 aliphatic carbocycles. The SMILES string of the molecule is Cc1cc(-c2ccccn2)[n-]n1.[Re]. The molecule has 0 unspecified atom stereocenters. The first-order chi connectivity index (χ1) is 5.86. The van der Waals surface area contributed by atoms with Crippen LogP contribution in [0.5, 0.6) is 0 Å². The molecular weight excluding hydrogens is 336 g/mol. The van der Waals surface area contributed by atoms with E-state index in [1.807, 2.05) is 31.2 Å². The van der Waals surface area contributed by atoms with Crippen molar-refractivity contribution in [3.63, 3.8) is 0 Å². The number of hydrogen-bond donors (Lipinski definition) is 0. The predicted octanol–water partition coefficient (Wildman–Crippen LogP) is 1.41. The van der Waals surface area contributed by atoms with Crippen molar-refractivity contribution in [2.75, 3.05) is 0 Å². The van der Waals surface area contributed by atoms with E-state index in [1.54, 1.807) is 6.20 Å². The predicted molar refractivity (Wildman–Crippen MR) is 45.5 cm³/mol. The van der Waals surface area contributed by atoms with E-state index in [-0.39, 0.29) is 20.4 Å². The monoisotopic (exact) mass is 345 g/mol. The Hall–Kier alpha value is -0.978. The van der Waals surface area contributed by atoms with Crippen LogP contribution >= 0.6 is 0 Å².